The van der Waals surface area contributed by atoms with E-state index in [2.05, 4.69) is 13.8 Å². The summed E-state index contributed by atoms with van der Waals surface area (Å²) in [6.07, 6.45) is 0.193. The predicted octanol–water partition coefficient (Wildman–Crippen LogP) is 2.43. The van der Waals surface area contributed by atoms with Crippen LogP contribution in [0.5, 0.6) is 17.2 Å². The fourth-order valence-electron chi connectivity index (χ4n) is 2.83. The summed E-state index contributed by atoms with van der Waals surface area (Å²) in [5.41, 5.74) is 1.74. The van der Waals surface area contributed by atoms with Crippen molar-refractivity contribution in [2.24, 2.45) is 0 Å². The van der Waals surface area contributed by atoms with Crippen LogP contribution in [-0.2, 0) is 5.41 Å². The Kier molecular flexibility index (Phi) is 3.15. The van der Waals surface area contributed by atoms with Crippen LogP contribution in [0.2, 0.25) is 0 Å². The van der Waals surface area contributed by atoms with Crippen LogP contribution in [0.15, 0.2) is 6.07 Å². The zero-order valence-corrected chi connectivity index (χ0v) is 11.5. The molecule has 1 aliphatic rings. The van der Waals surface area contributed by atoms with E-state index >= 15 is 0 Å². The van der Waals surface area contributed by atoms with Gasteiger partial charge in [-0.3, -0.25) is 0 Å². The van der Waals surface area contributed by atoms with Gasteiger partial charge in [-0.1, -0.05) is 13.8 Å². The van der Waals surface area contributed by atoms with Gasteiger partial charge in [0.15, 0.2) is 11.5 Å². The lowest BCUT2D eigenvalue weighted by Gasteiger charge is -2.23. The number of benzene rings is 1. The Bertz CT molecular complexity index is 465. The van der Waals surface area contributed by atoms with Crippen LogP contribution in [0.4, 0.5) is 0 Å². The largest absolute Gasteiger partial charge is 0.493 e. The molecule has 0 fully saturated rings. The number of hydrogen-bond donors (Lipinski definition) is 1. The first-order valence-electron chi connectivity index (χ1n) is 5.97. The highest BCUT2D eigenvalue weighted by Gasteiger charge is 2.41. The second kappa shape index (κ2) is 4.35. The Morgan fingerprint density at radius 1 is 1.11 bits per heavy atom. The van der Waals surface area contributed by atoms with Crippen molar-refractivity contribution in [3.8, 4) is 17.2 Å². The zero-order valence-electron chi connectivity index (χ0n) is 11.5. The van der Waals surface area contributed by atoms with E-state index in [1.54, 1.807) is 21.3 Å². The normalized spacial score (nSPS) is 20.4. The molecule has 4 nitrogen and oxygen atoms in total. The topological polar surface area (TPSA) is 47.9 Å². The Balaban J connectivity index is 2.76. The van der Waals surface area contributed by atoms with Crippen LogP contribution in [0.25, 0.3) is 0 Å². The van der Waals surface area contributed by atoms with Crippen LogP contribution >= 0.6 is 0 Å². The zero-order chi connectivity index (χ0) is 13.5. The number of aliphatic hydroxyl groups is 1. The first-order chi connectivity index (χ1) is 8.46. The molecule has 0 aromatic heterocycles. The van der Waals surface area contributed by atoms with E-state index in [0.29, 0.717) is 23.7 Å². The molecule has 100 valence electrons. The summed E-state index contributed by atoms with van der Waals surface area (Å²) in [5, 5.41) is 10.2. The fraction of sp³-hybridized carbons (Fsp3) is 0.571. The first kappa shape index (κ1) is 13.0. The van der Waals surface area contributed by atoms with Crippen molar-refractivity contribution < 1.29 is 19.3 Å². The van der Waals surface area contributed by atoms with Gasteiger partial charge < -0.3 is 19.3 Å². The molecule has 0 spiro atoms. The Morgan fingerprint density at radius 2 is 1.72 bits per heavy atom. The molecule has 1 aromatic rings. The van der Waals surface area contributed by atoms with Gasteiger partial charge in [-0.15, -0.1) is 0 Å². The molecule has 0 amide bonds. The smallest absolute Gasteiger partial charge is 0.203 e. The molecule has 1 aromatic carbocycles. The summed E-state index contributed by atoms with van der Waals surface area (Å²) in [7, 11) is 4.78. The average molecular weight is 252 g/mol. The number of methoxy groups -OCH3 is 3. The molecule has 18 heavy (non-hydrogen) atoms. The Labute approximate surface area is 107 Å². The number of aliphatic hydroxyl groups excluding tert-OH is 1. The lowest BCUT2D eigenvalue weighted by Crippen LogP contribution is -2.14. The number of ether oxygens (including phenoxy) is 3. The molecule has 0 saturated heterocycles. The van der Waals surface area contributed by atoms with E-state index in [0.717, 1.165) is 11.1 Å². The molecular formula is C14H20O4. The first-order valence-corrected chi connectivity index (χ1v) is 5.97. The lowest BCUT2D eigenvalue weighted by atomic mass is 9.85. The monoisotopic (exact) mass is 252 g/mol. The molecule has 2 rings (SSSR count). The minimum Gasteiger partial charge on any atom is -0.493 e. The van der Waals surface area contributed by atoms with Crippen LogP contribution in [0.1, 0.15) is 37.5 Å². The highest BCUT2D eigenvalue weighted by atomic mass is 16.5. The third kappa shape index (κ3) is 1.72. The minimum atomic E-state index is -0.483. The van der Waals surface area contributed by atoms with Gasteiger partial charge in [0, 0.05) is 5.56 Å². The Hall–Kier alpha value is -1.42. The Morgan fingerprint density at radius 3 is 2.22 bits per heavy atom. The van der Waals surface area contributed by atoms with Gasteiger partial charge in [0.05, 0.1) is 27.4 Å². The highest BCUT2D eigenvalue weighted by Crippen LogP contribution is 2.54. The molecule has 0 aliphatic heterocycles. The highest BCUT2D eigenvalue weighted by molar-refractivity contribution is 5.63. The van der Waals surface area contributed by atoms with Crippen molar-refractivity contribution in [2.45, 2.75) is 31.8 Å². The van der Waals surface area contributed by atoms with Crippen LogP contribution in [-0.4, -0.2) is 26.4 Å². The van der Waals surface area contributed by atoms with Gasteiger partial charge in [-0.2, -0.15) is 0 Å². The van der Waals surface area contributed by atoms with Crippen LogP contribution in [0, 0.1) is 0 Å². The number of hydrogen-bond acceptors (Lipinski definition) is 4. The molecule has 0 saturated carbocycles. The molecule has 0 bridgehead atoms. The SMILES string of the molecule is COc1cc2c(c(OC)c1OC)C(C)(C)C[C@H]2O. The van der Waals surface area contributed by atoms with Gasteiger partial charge in [-0.25, -0.2) is 0 Å². The van der Waals surface area contributed by atoms with E-state index in [9.17, 15) is 5.11 Å². The van der Waals surface area contributed by atoms with Crippen LogP contribution < -0.4 is 14.2 Å². The van der Waals surface area contributed by atoms with Gasteiger partial charge in [0.25, 0.3) is 0 Å². The maximum atomic E-state index is 10.2. The molecule has 0 radical (unpaired) electrons. The minimum absolute atomic E-state index is 0.139. The average Bonchev–Trinajstić information content (AvgIpc) is 2.57. The fourth-order valence-corrected chi connectivity index (χ4v) is 2.83. The van der Waals surface area contributed by atoms with Gasteiger partial charge >= 0.3 is 0 Å². The summed E-state index contributed by atoms with van der Waals surface area (Å²) in [6, 6.07) is 1.84. The van der Waals surface area contributed by atoms with Crippen molar-refractivity contribution in [2.75, 3.05) is 21.3 Å². The van der Waals surface area contributed by atoms with Crippen molar-refractivity contribution in [3.05, 3.63) is 17.2 Å². The molecule has 0 unspecified atom stereocenters. The second-order valence-electron chi connectivity index (χ2n) is 5.21. The third-order valence-corrected chi connectivity index (χ3v) is 3.60. The van der Waals surface area contributed by atoms with Crippen molar-refractivity contribution in [3.63, 3.8) is 0 Å². The van der Waals surface area contributed by atoms with Crippen LogP contribution in [0.3, 0.4) is 0 Å². The quantitative estimate of drug-likeness (QED) is 0.897. The molecule has 1 aliphatic carbocycles. The molecular weight excluding hydrogens is 232 g/mol. The van der Waals surface area contributed by atoms with E-state index < -0.39 is 6.10 Å². The third-order valence-electron chi connectivity index (χ3n) is 3.60. The van der Waals surface area contributed by atoms with Crippen molar-refractivity contribution in [1.29, 1.82) is 0 Å². The maximum Gasteiger partial charge on any atom is 0.203 e. The summed E-state index contributed by atoms with van der Waals surface area (Å²) in [6.45, 7) is 4.19. The van der Waals surface area contributed by atoms with Gasteiger partial charge in [0.1, 0.15) is 0 Å². The van der Waals surface area contributed by atoms with Gasteiger partial charge in [0.2, 0.25) is 5.75 Å². The molecule has 1 atom stereocenters. The van der Waals surface area contributed by atoms with Gasteiger partial charge in [-0.05, 0) is 23.5 Å². The summed E-state index contributed by atoms with van der Waals surface area (Å²) in [5.74, 6) is 1.83. The summed E-state index contributed by atoms with van der Waals surface area (Å²) in [4.78, 5) is 0. The maximum absolute atomic E-state index is 10.2. The molecule has 1 N–H and O–H groups in total. The second-order valence-corrected chi connectivity index (χ2v) is 5.21. The van der Waals surface area contributed by atoms with E-state index in [-0.39, 0.29) is 5.41 Å². The number of rotatable bonds is 3. The lowest BCUT2D eigenvalue weighted by molar-refractivity contribution is 0.161. The van der Waals surface area contributed by atoms with Crippen molar-refractivity contribution >= 4 is 0 Å². The number of fused-ring (bicyclic) bond motifs is 1. The summed E-state index contributed by atoms with van der Waals surface area (Å²) < 4.78 is 16.2. The molecule has 0 heterocycles. The standard InChI is InChI=1S/C14H20O4/c1-14(2)7-9(15)8-6-10(16-3)12(17-4)13(18-5)11(8)14/h6,9,15H,7H2,1-5H3/t9-/m1/s1. The predicted molar refractivity (Wildman–Crippen MR) is 68.7 cm³/mol. The summed E-state index contributed by atoms with van der Waals surface area (Å²) >= 11 is 0. The van der Waals surface area contributed by atoms with E-state index in [1.165, 1.54) is 0 Å². The van der Waals surface area contributed by atoms with E-state index in [1.807, 2.05) is 6.07 Å². The van der Waals surface area contributed by atoms with Crippen molar-refractivity contribution in [1.82, 2.24) is 0 Å². The molecule has 4 heteroatoms. The van der Waals surface area contributed by atoms with E-state index in [4.69, 9.17) is 14.2 Å².